The molecule has 0 spiro atoms. The lowest BCUT2D eigenvalue weighted by Crippen LogP contribution is -1.95. The van der Waals surface area contributed by atoms with E-state index in [1.54, 1.807) is 24.3 Å². The van der Waals surface area contributed by atoms with Gasteiger partial charge in [-0.25, -0.2) is 0 Å². The summed E-state index contributed by atoms with van der Waals surface area (Å²) in [6.45, 7) is 0.224. The first-order valence-corrected chi connectivity index (χ1v) is 6.96. The van der Waals surface area contributed by atoms with E-state index in [0.29, 0.717) is 27.1 Å². The molecule has 0 amide bonds. The number of ketones is 1. The van der Waals surface area contributed by atoms with Crippen LogP contribution in [-0.4, -0.2) is 12.6 Å². The molecule has 5 heteroatoms. The second-order valence-electron chi connectivity index (χ2n) is 4.43. The van der Waals surface area contributed by atoms with Crippen LogP contribution in [0, 0.1) is 0 Å². The summed E-state index contributed by atoms with van der Waals surface area (Å²) in [5.74, 6) is 1.20. The normalized spacial score (nSPS) is 12.9. The minimum atomic E-state index is -0.186. The van der Waals surface area contributed by atoms with Gasteiger partial charge in [0.2, 0.25) is 6.79 Å². The maximum absolute atomic E-state index is 12.1. The molecule has 0 N–H and O–H groups in total. The lowest BCUT2D eigenvalue weighted by molar-refractivity contribution is 0.104. The van der Waals surface area contributed by atoms with E-state index >= 15 is 0 Å². The third-order valence-corrected chi connectivity index (χ3v) is 3.57. The standard InChI is InChI=1S/C16H10Cl2O3/c17-11-3-4-12(13(18)8-11)14(19)5-1-10-2-6-15-16(7-10)21-9-20-15/h1-8H,9H2/b5-1+. The SMILES string of the molecule is O=C(/C=C/c1ccc2c(c1)OCO2)c1ccc(Cl)cc1Cl. The zero-order chi connectivity index (χ0) is 14.8. The van der Waals surface area contributed by atoms with Crippen LogP contribution in [0.3, 0.4) is 0 Å². The Balaban J connectivity index is 1.80. The van der Waals surface area contributed by atoms with Crippen molar-refractivity contribution in [3.05, 3.63) is 63.6 Å². The molecule has 3 nitrogen and oxygen atoms in total. The van der Waals surface area contributed by atoms with Gasteiger partial charge in [-0.3, -0.25) is 4.79 Å². The summed E-state index contributed by atoms with van der Waals surface area (Å²) in [5.41, 5.74) is 1.26. The van der Waals surface area contributed by atoms with Crippen molar-refractivity contribution in [2.75, 3.05) is 6.79 Å². The lowest BCUT2D eigenvalue weighted by Gasteiger charge is -2.01. The summed E-state index contributed by atoms with van der Waals surface area (Å²) >= 11 is 11.8. The molecule has 0 aliphatic carbocycles. The third kappa shape index (κ3) is 3.04. The number of rotatable bonds is 3. The number of ether oxygens (including phenoxy) is 2. The van der Waals surface area contributed by atoms with E-state index in [-0.39, 0.29) is 12.6 Å². The molecule has 0 atom stereocenters. The van der Waals surface area contributed by atoms with Gasteiger partial charge in [-0.15, -0.1) is 0 Å². The predicted molar refractivity (Wildman–Crippen MR) is 82.4 cm³/mol. The van der Waals surface area contributed by atoms with Crippen LogP contribution >= 0.6 is 23.2 Å². The molecule has 0 aromatic heterocycles. The topological polar surface area (TPSA) is 35.5 Å². The van der Waals surface area contributed by atoms with E-state index in [0.717, 1.165) is 5.56 Å². The van der Waals surface area contributed by atoms with E-state index in [1.807, 2.05) is 18.2 Å². The van der Waals surface area contributed by atoms with E-state index in [1.165, 1.54) is 6.08 Å². The Morgan fingerprint density at radius 2 is 1.86 bits per heavy atom. The van der Waals surface area contributed by atoms with Gasteiger partial charge in [-0.1, -0.05) is 35.3 Å². The average molecular weight is 321 g/mol. The van der Waals surface area contributed by atoms with Crippen molar-refractivity contribution in [2.45, 2.75) is 0 Å². The van der Waals surface area contributed by atoms with Crippen LogP contribution in [0.5, 0.6) is 11.5 Å². The fraction of sp³-hybridized carbons (Fsp3) is 0.0625. The fourth-order valence-electron chi connectivity index (χ4n) is 1.97. The molecule has 0 saturated carbocycles. The first-order chi connectivity index (χ1) is 10.1. The highest BCUT2D eigenvalue weighted by Crippen LogP contribution is 2.32. The Bertz CT molecular complexity index is 738. The van der Waals surface area contributed by atoms with Gasteiger partial charge < -0.3 is 9.47 Å². The molecular weight excluding hydrogens is 311 g/mol. The number of hydrogen-bond acceptors (Lipinski definition) is 3. The van der Waals surface area contributed by atoms with Gasteiger partial charge in [0.05, 0.1) is 5.02 Å². The fourth-order valence-corrected chi connectivity index (χ4v) is 2.47. The maximum Gasteiger partial charge on any atom is 0.231 e. The second kappa shape index (κ2) is 5.80. The quantitative estimate of drug-likeness (QED) is 0.611. The molecule has 2 aromatic carbocycles. The molecule has 106 valence electrons. The van der Waals surface area contributed by atoms with Crippen molar-refractivity contribution in [2.24, 2.45) is 0 Å². The van der Waals surface area contributed by atoms with Gasteiger partial charge >= 0.3 is 0 Å². The average Bonchev–Trinajstić information content (AvgIpc) is 2.92. The molecule has 0 saturated heterocycles. The molecule has 2 aromatic rings. The molecule has 0 bridgehead atoms. The lowest BCUT2D eigenvalue weighted by atomic mass is 10.1. The van der Waals surface area contributed by atoms with Crippen molar-refractivity contribution < 1.29 is 14.3 Å². The molecule has 0 radical (unpaired) electrons. The third-order valence-electron chi connectivity index (χ3n) is 3.02. The van der Waals surface area contributed by atoms with Crippen LogP contribution in [0.4, 0.5) is 0 Å². The van der Waals surface area contributed by atoms with E-state index in [4.69, 9.17) is 32.7 Å². The minimum absolute atomic E-state index is 0.186. The van der Waals surface area contributed by atoms with Gasteiger partial charge in [0.15, 0.2) is 17.3 Å². The smallest absolute Gasteiger partial charge is 0.231 e. The van der Waals surface area contributed by atoms with Crippen molar-refractivity contribution in [1.82, 2.24) is 0 Å². The number of halogens is 2. The Kier molecular flexibility index (Phi) is 3.86. The van der Waals surface area contributed by atoms with Crippen LogP contribution in [-0.2, 0) is 0 Å². The summed E-state index contributed by atoms with van der Waals surface area (Å²) < 4.78 is 10.5. The summed E-state index contributed by atoms with van der Waals surface area (Å²) in [4.78, 5) is 12.1. The molecule has 3 rings (SSSR count). The number of fused-ring (bicyclic) bond motifs is 1. The molecule has 1 heterocycles. The monoisotopic (exact) mass is 320 g/mol. The summed E-state index contributed by atoms with van der Waals surface area (Å²) in [6, 6.07) is 10.3. The van der Waals surface area contributed by atoms with Crippen molar-refractivity contribution in [1.29, 1.82) is 0 Å². The Hall–Kier alpha value is -1.97. The van der Waals surface area contributed by atoms with Crippen molar-refractivity contribution in [3.8, 4) is 11.5 Å². The second-order valence-corrected chi connectivity index (χ2v) is 5.28. The van der Waals surface area contributed by atoms with Crippen LogP contribution in [0.15, 0.2) is 42.5 Å². The number of carbonyl (C=O) groups excluding carboxylic acids is 1. The molecule has 1 aliphatic rings. The molecular formula is C16H10Cl2O3. The van der Waals surface area contributed by atoms with Gasteiger partial charge in [0, 0.05) is 10.6 Å². The van der Waals surface area contributed by atoms with E-state index < -0.39 is 0 Å². The van der Waals surface area contributed by atoms with Crippen LogP contribution < -0.4 is 9.47 Å². The Morgan fingerprint density at radius 1 is 1.05 bits per heavy atom. The van der Waals surface area contributed by atoms with Gasteiger partial charge in [-0.05, 0) is 42.0 Å². The number of benzene rings is 2. The molecule has 21 heavy (non-hydrogen) atoms. The zero-order valence-electron chi connectivity index (χ0n) is 10.8. The molecule has 1 aliphatic heterocycles. The van der Waals surface area contributed by atoms with Crippen molar-refractivity contribution in [3.63, 3.8) is 0 Å². The summed E-state index contributed by atoms with van der Waals surface area (Å²) in [7, 11) is 0. The number of allylic oxidation sites excluding steroid dienone is 1. The maximum atomic E-state index is 12.1. The highest BCUT2D eigenvalue weighted by atomic mass is 35.5. The van der Waals surface area contributed by atoms with Gasteiger partial charge in [0.25, 0.3) is 0 Å². The van der Waals surface area contributed by atoms with Crippen LogP contribution in [0.2, 0.25) is 10.0 Å². The van der Waals surface area contributed by atoms with E-state index in [9.17, 15) is 4.79 Å². The Labute approximate surface area is 131 Å². The first kappa shape index (κ1) is 14.0. The molecule has 0 unspecified atom stereocenters. The zero-order valence-corrected chi connectivity index (χ0v) is 12.3. The van der Waals surface area contributed by atoms with Crippen LogP contribution in [0.1, 0.15) is 15.9 Å². The predicted octanol–water partition coefficient (Wildman–Crippen LogP) is 4.62. The van der Waals surface area contributed by atoms with Crippen molar-refractivity contribution >= 4 is 35.1 Å². The first-order valence-electron chi connectivity index (χ1n) is 6.20. The number of carbonyl (C=O) groups is 1. The Morgan fingerprint density at radius 3 is 2.67 bits per heavy atom. The summed E-state index contributed by atoms with van der Waals surface area (Å²) in [6.07, 6.45) is 3.17. The highest BCUT2D eigenvalue weighted by molar-refractivity contribution is 6.37. The van der Waals surface area contributed by atoms with E-state index in [2.05, 4.69) is 0 Å². The minimum Gasteiger partial charge on any atom is -0.454 e. The van der Waals surface area contributed by atoms with Gasteiger partial charge in [0.1, 0.15) is 0 Å². The highest BCUT2D eigenvalue weighted by Gasteiger charge is 2.12. The van der Waals surface area contributed by atoms with Crippen LogP contribution in [0.25, 0.3) is 6.08 Å². The molecule has 0 fully saturated rings. The summed E-state index contributed by atoms with van der Waals surface area (Å²) in [5, 5.41) is 0.833. The van der Waals surface area contributed by atoms with Gasteiger partial charge in [-0.2, -0.15) is 0 Å². The largest absolute Gasteiger partial charge is 0.454 e. The number of hydrogen-bond donors (Lipinski definition) is 0.